The number of hydrogen-bond donors (Lipinski definition) is 1. The Balaban J connectivity index is 3.87. The highest BCUT2D eigenvalue weighted by Crippen LogP contribution is 2.18. The molecule has 2 nitrogen and oxygen atoms in total. The van der Waals surface area contributed by atoms with Gasteiger partial charge < -0.3 is 5.32 Å². The fourth-order valence-corrected chi connectivity index (χ4v) is 0.399. The smallest absolute Gasteiger partial charge is 0.348 e. The average Bonchev–Trinajstić information content (AvgIpc) is 1.60. The standard InChI is InChI=1S/C5H8ClF2NO/c1-3(2)9-4(10)5(6,7)8/h3H,1-2H3,(H,9,10). The lowest BCUT2D eigenvalue weighted by Gasteiger charge is -2.10. The van der Waals surface area contributed by atoms with Gasteiger partial charge in [-0.05, 0) is 25.4 Å². The summed E-state index contributed by atoms with van der Waals surface area (Å²) < 4.78 is 23.7. The molecule has 0 saturated heterocycles. The number of alkyl halides is 3. The topological polar surface area (TPSA) is 29.1 Å². The van der Waals surface area contributed by atoms with E-state index < -0.39 is 11.3 Å². The Morgan fingerprint density at radius 3 is 2.10 bits per heavy atom. The highest BCUT2D eigenvalue weighted by atomic mass is 35.5. The molecule has 0 unspecified atom stereocenters. The maximum Gasteiger partial charge on any atom is 0.399 e. The average molecular weight is 172 g/mol. The fourth-order valence-electron chi connectivity index (χ4n) is 0.344. The summed E-state index contributed by atoms with van der Waals surface area (Å²) >= 11 is 4.38. The molecule has 0 aliphatic rings. The van der Waals surface area contributed by atoms with Crippen LogP contribution in [0.2, 0.25) is 0 Å². The van der Waals surface area contributed by atoms with Gasteiger partial charge in [-0.2, -0.15) is 8.78 Å². The monoisotopic (exact) mass is 171 g/mol. The van der Waals surface area contributed by atoms with E-state index in [-0.39, 0.29) is 6.04 Å². The van der Waals surface area contributed by atoms with Crippen molar-refractivity contribution in [2.75, 3.05) is 0 Å². The van der Waals surface area contributed by atoms with Gasteiger partial charge in [0.15, 0.2) is 0 Å². The molecular formula is C5H8ClF2NO. The molecule has 0 atom stereocenters. The number of nitrogens with one attached hydrogen (secondary N) is 1. The highest BCUT2D eigenvalue weighted by Gasteiger charge is 2.35. The number of halogens is 3. The van der Waals surface area contributed by atoms with Crippen LogP contribution in [0.25, 0.3) is 0 Å². The molecule has 0 aliphatic heterocycles. The Bertz CT molecular complexity index is 132. The lowest BCUT2D eigenvalue weighted by molar-refractivity contribution is -0.136. The van der Waals surface area contributed by atoms with E-state index in [4.69, 9.17) is 0 Å². The van der Waals surface area contributed by atoms with Gasteiger partial charge in [-0.1, -0.05) is 0 Å². The van der Waals surface area contributed by atoms with E-state index in [1.165, 1.54) is 0 Å². The third kappa shape index (κ3) is 3.61. The Hall–Kier alpha value is -0.380. The van der Waals surface area contributed by atoms with Crippen LogP contribution in [0, 0.1) is 0 Å². The third-order valence-corrected chi connectivity index (χ3v) is 0.849. The van der Waals surface area contributed by atoms with Crippen LogP contribution in [0.3, 0.4) is 0 Å². The van der Waals surface area contributed by atoms with E-state index >= 15 is 0 Å². The first-order valence-corrected chi connectivity index (χ1v) is 3.09. The largest absolute Gasteiger partial charge is 0.399 e. The number of hydrogen-bond acceptors (Lipinski definition) is 1. The van der Waals surface area contributed by atoms with Crippen LogP contribution in [0.4, 0.5) is 8.78 Å². The van der Waals surface area contributed by atoms with Gasteiger partial charge in [-0.15, -0.1) is 0 Å². The van der Waals surface area contributed by atoms with Crippen LogP contribution in [0.15, 0.2) is 0 Å². The normalized spacial score (nSPS) is 11.8. The van der Waals surface area contributed by atoms with Crippen LogP contribution in [0.1, 0.15) is 13.8 Å². The molecule has 0 bridgehead atoms. The van der Waals surface area contributed by atoms with E-state index in [9.17, 15) is 13.6 Å². The molecule has 60 valence electrons. The molecule has 0 aliphatic carbocycles. The van der Waals surface area contributed by atoms with E-state index in [2.05, 4.69) is 11.6 Å². The first-order valence-electron chi connectivity index (χ1n) is 2.71. The zero-order valence-corrected chi connectivity index (χ0v) is 6.38. The van der Waals surface area contributed by atoms with Crippen molar-refractivity contribution in [3.63, 3.8) is 0 Å². The quantitative estimate of drug-likeness (QED) is 0.625. The van der Waals surface area contributed by atoms with Crippen molar-refractivity contribution in [3.8, 4) is 0 Å². The SMILES string of the molecule is CC(C)NC(=O)C(F)(F)Cl. The molecule has 1 N–H and O–H groups in total. The Morgan fingerprint density at radius 1 is 1.60 bits per heavy atom. The van der Waals surface area contributed by atoms with E-state index in [1.807, 2.05) is 5.32 Å². The number of carbonyl (C=O) groups excluding carboxylic acids is 1. The van der Waals surface area contributed by atoms with Gasteiger partial charge in [0.05, 0.1) is 0 Å². The van der Waals surface area contributed by atoms with Crippen LogP contribution in [0.5, 0.6) is 0 Å². The number of rotatable bonds is 2. The summed E-state index contributed by atoms with van der Waals surface area (Å²) in [5.74, 6) is -1.45. The molecule has 0 spiro atoms. The van der Waals surface area contributed by atoms with Gasteiger partial charge in [0, 0.05) is 6.04 Å². The van der Waals surface area contributed by atoms with Gasteiger partial charge in [-0.3, -0.25) is 4.79 Å². The minimum Gasteiger partial charge on any atom is -0.348 e. The lowest BCUT2D eigenvalue weighted by Crippen LogP contribution is -2.39. The molecule has 10 heavy (non-hydrogen) atoms. The Labute approximate surface area is 62.5 Å². The van der Waals surface area contributed by atoms with Crippen molar-refractivity contribution in [3.05, 3.63) is 0 Å². The molecule has 0 aromatic heterocycles. The lowest BCUT2D eigenvalue weighted by atomic mass is 10.4. The molecular weight excluding hydrogens is 164 g/mol. The van der Waals surface area contributed by atoms with Crippen LogP contribution < -0.4 is 5.32 Å². The minimum atomic E-state index is -3.79. The van der Waals surface area contributed by atoms with Crippen molar-refractivity contribution < 1.29 is 13.6 Å². The molecule has 0 rings (SSSR count). The fraction of sp³-hybridized carbons (Fsp3) is 0.800. The summed E-state index contributed by atoms with van der Waals surface area (Å²) in [5.41, 5.74) is 0. The summed E-state index contributed by atoms with van der Waals surface area (Å²) in [5, 5.41) is -1.83. The van der Waals surface area contributed by atoms with E-state index in [1.54, 1.807) is 13.8 Å². The molecule has 0 saturated carbocycles. The van der Waals surface area contributed by atoms with Crippen molar-refractivity contribution in [2.24, 2.45) is 0 Å². The van der Waals surface area contributed by atoms with Gasteiger partial charge in [0.25, 0.3) is 0 Å². The molecule has 0 fully saturated rings. The molecule has 5 heteroatoms. The Morgan fingerprint density at radius 2 is 2.00 bits per heavy atom. The Kier molecular flexibility index (Phi) is 3.02. The summed E-state index contributed by atoms with van der Waals surface area (Å²) in [6.45, 7) is 3.14. The summed E-state index contributed by atoms with van der Waals surface area (Å²) in [4.78, 5) is 10.3. The third-order valence-electron chi connectivity index (χ3n) is 0.677. The maximum atomic E-state index is 11.8. The molecule has 1 amide bonds. The van der Waals surface area contributed by atoms with Crippen molar-refractivity contribution in [1.29, 1.82) is 0 Å². The number of carbonyl (C=O) groups is 1. The number of amides is 1. The predicted molar refractivity (Wildman–Crippen MR) is 34.1 cm³/mol. The first kappa shape index (κ1) is 9.62. The summed E-state index contributed by atoms with van der Waals surface area (Å²) in [6, 6.07) is -0.322. The van der Waals surface area contributed by atoms with Crippen LogP contribution >= 0.6 is 11.6 Å². The first-order chi connectivity index (χ1) is 4.34. The van der Waals surface area contributed by atoms with E-state index in [0.29, 0.717) is 0 Å². The van der Waals surface area contributed by atoms with Crippen molar-refractivity contribution in [1.82, 2.24) is 5.32 Å². The summed E-state index contributed by atoms with van der Waals surface area (Å²) in [6.07, 6.45) is 0. The van der Waals surface area contributed by atoms with Gasteiger partial charge >= 0.3 is 11.3 Å². The molecule has 0 aromatic rings. The summed E-state index contributed by atoms with van der Waals surface area (Å²) in [7, 11) is 0. The second kappa shape index (κ2) is 3.14. The second-order valence-corrected chi connectivity index (χ2v) is 2.60. The zero-order valence-electron chi connectivity index (χ0n) is 5.62. The van der Waals surface area contributed by atoms with Crippen molar-refractivity contribution >= 4 is 17.5 Å². The highest BCUT2D eigenvalue weighted by molar-refractivity contribution is 6.32. The van der Waals surface area contributed by atoms with Crippen molar-refractivity contribution in [2.45, 2.75) is 25.3 Å². The minimum absolute atomic E-state index is 0.322. The molecule has 0 aromatic carbocycles. The molecule has 0 radical (unpaired) electrons. The van der Waals surface area contributed by atoms with Crippen LogP contribution in [-0.4, -0.2) is 17.3 Å². The van der Waals surface area contributed by atoms with Gasteiger partial charge in [0.1, 0.15) is 0 Å². The van der Waals surface area contributed by atoms with Gasteiger partial charge in [-0.25, -0.2) is 0 Å². The predicted octanol–water partition coefficient (Wildman–Crippen LogP) is 1.34. The zero-order chi connectivity index (χ0) is 8.36. The second-order valence-electron chi connectivity index (χ2n) is 2.13. The van der Waals surface area contributed by atoms with Crippen LogP contribution in [-0.2, 0) is 4.79 Å². The molecule has 0 heterocycles. The maximum absolute atomic E-state index is 11.8. The van der Waals surface area contributed by atoms with Gasteiger partial charge in [0.2, 0.25) is 0 Å². The van der Waals surface area contributed by atoms with E-state index in [0.717, 1.165) is 0 Å².